The molecular weight excluding hydrogens is 475 g/mol. The van der Waals surface area contributed by atoms with Crippen molar-refractivity contribution >= 4 is 36.1 Å². The third-order valence-electron chi connectivity index (χ3n) is 4.36. The highest BCUT2D eigenvalue weighted by Gasteiger charge is 2.28. The molecule has 1 fully saturated rings. The molecule has 1 saturated heterocycles. The molecule has 148 valence electrons. The number of rotatable bonds is 3. The summed E-state index contributed by atoms with van der Waals surface area (Å²) in [6.45, 7) is 6.91. The topological polar surface area (TPSA) is 65.6 Å². The summed E-state index contributed by atoms with van der Waals surface area (Å²) >= 11 is 2.15. The predicted molar refractivity (Wildman–Crippen MR) is 120 cm³/mol. The van der Waals surface area contributed by atoms with Gasteiger partial charge in [0.05, 0.1) is 7.11 Å². The number of hydrogen-bond donors (Lipinski definition) is 3. The van der Waals surface area contributed by atoms with Crippen LogP contribution >= 0.6 is 30.1 Å². The number of esters is 1. The van der Waals surface area contributed by atoms with E-state index in [0.29, 0.717) is 0 Å². The maximum absolute atomic E-state index is 12.6. The number of ether oxygens (including phenoxy) is 1. The Morgan fingerprint density at radius 3 is 2.15 bits per heavy atom. The van der Waals surface area contributed by atoms with Gasteiger partial charge in [-0.15, -0.1) is 0 Å². The molecule has 0 bridgehead atoms. The maximum atomic E-state index is 12.6. The number of halogens is 1. The molecule has 0 saturated carbocycles. The van der Waals surface area contributed by atoms with Crippen molar-refractivity contribution in [1.82, 2.24) is 20.9 Å². The Balaban J connectivity index is 2.16. The van der Waals surface area contributed by atoms with E-state index in [1.807, 2.05) is 24.3 Å². The molecule has 0 amide bonds. The zero-order valence-electron chi connectivity index (χ0n) is 15.6. The van der Waals surface area contributed by atoms with Gasteiger partial charge < -0.3 is 20.7 Å². The third kappa shape index (κ3) is 7.97. The van der Waals surface area contributed by atoms with Crippen LogP contribution in [0.25, 0.3) is 0 Å². The first-order valence-electron chi connectivity index (χ1n) is 9.09. The van der Waals surface area contributed by atoms with Crippen LogP contribution in [0.2, 0.25) is 0 Å². The van der Waals surface area contributed by atoms with Crippen molar-refractivity contribution in [2.24, 2.45) is 0 Å². The largest absolute Gasteiger partial charge is 0.468 e. The molecule has 1 aliphatic rings. The van der Waals surface area contributed by atoms with E-state index in [0.717, 1.165) is 63.5 Å². The molecule has 1 aliphatic heterocycles. The van der Waals surface area contributed by atoms with Crippen LogP contribution in [-0.2, 0) is 9.53 Å². The predicted octanol–water partition coefficient (Wildman–Crippen LogP) is 1.38. The normalized spacial score (nSPS) is 18.3. The molecule has 27 heavy (non-hydrogen) atoms. The fourth-order valence-corrected chi connectivity index (χ4v) is 3.47. The molecule has 1 heterocycles. The second-order valence-corrected chi connectivity index (χ2v) is 7.82. The van der Waals surface area contributed by atoms with Crippen molar-refractivity contribution in [2.45, 2.75) is 6.04 Å². The summed E-state index contributed by atoms with van der Waals surface area (Å²) < 4.78 is 5.12. The lowest BCUT2D eigenvalue weighted by molar-refractivity contribution is -0.147. The first-order valence-corrected chi connectivity index (χ1v) is 12.4. The highest BCUT2D eigenvalue weighted by Crippen LogP contribution is 2.22. The monoisotopic (exact) mass is 502 g/mol. The molecule has 0 aromatic heterocycles. The van der Waals surface area contributed by atoms with Gasteiger partial charge in [0, 0.05) is 79.1 Å². The van der Waals surface area contributed by atoms with Gasteiger partial charge in [0.25, 0.3) is 0 Å². The van der Waals surface area contributed by atoms with Crippen molar-refractivity contribution < 1.29 is 9.53 Å². The van der Waals surface area contributed by atoms with Crippen molar-refractivity contribution in [2.75, 3.05) is 59.5 Å². The lowest BCUT2D eigenvalue weighted by Gasteiger charge is -2.30. The Morgan fingerprint density at radius 2 is 1.63 bits per heavy atom. The molecule has 0 radical (unpaired) electrons. The van der Waals surface area contributed by atoms with Gasteiger partial charge in [-0.3, -0.25) is 4.90 Å². The van der Waals surface area contributed by atoms with Crippen molar-refractivity contribution in [1.29, 1.82) is 0 Å². The Morgan fingerprint density at radius 1 is 1.07 bits per heavy atom. The minimum absolute atomic E-state index is 0.231. The van der Waals surface area contributed by atoms with Crippen molar-refractivity contribution in [3.8, 4) is 11.2 Å². The van der Waals surface area contributed by atoms with E-state index < -0.39 is 6.04 Å². The third-order valence-corrected chi connectivity index (χ3v) is 5.20. The van der Waals surface area contributed by atoms with E-state index in [4.69, 9.17) is 4.74 Å². The highest BCUT2D eigenvalue weighted by atomic mass is 127. The summed E-state index contributed by atoms with van der Waals surface area (Å²) in [4.78, 5) is 14.8. The molecule has 3 N–H and O–H groups in total. The summed E-state index contributed by atoms with van der Waals surface area (Å²) in [6.07, 6.45) is 0. The summed E-state index contributed by atoms with van der Waals surface area (Å²) in [7, 11) is 2.91. The van der Waals surface area contributed by atoms with Gasteiger partial charge >= 0.3 is 5.97 Å². The van der Waals surface area contributed by atoms with Crippen LogP contribution in [0.1, 0.15) is 17.2 Å². The van der Waals surface area contributed by atoms with E-state index in [2.05, 4.69) is 53.2 Å². The van der Waals surface area contributed by atoms with Crippen LogP contribution in [0.3, 0.4) is 0 Å². The average molecular weight is 502 g/mol. The number of carbonyl (C=O) groups is 1. The van der Waals surface area contributed by atoms with E-state index in [9.17, 15) is 4.79 Å². The van der Waals surface area contributed by atoms with E-state index in [1.165, 1.54) is 16.0 Å². The van der Waals surface area contributed by atoms with Gasteiger partial charge in [-0.25, -0.2) is 4.79 Å². The average Bonchev–Trinajstić information content (AvgIpc) is 2.69. The molecule has 1 aromatic carbocycles. The van der Waals surface area contributed by atoms with Crippen LogP contribution in [0, 0.1) is 11.2 Å². The standard InChI is InChI=1S/C19H27IN4O2S/c1-26-19(25)18(17-4-2-16(3-5-17)6-15-27-20)24-13-11-22-9-7-21-8-10-23-12-14-24/h2-5,18,21-23H,7-14H2,1H3. The van der Waals surface area contributed by atoms with Crippen LogP contribution < -0.4 is 16.0 Å². The SMILES string of the molecule is COC(=O)C(c1ccc(C#CSI)cc1)N1CCNCCNCCNCC1. The molecule has 0 aliphatic carbocycles. The minimum Gasteiger partial charge on any atom is -0.468 e. The highest BCUT2D eigenvalue weighted by molar-refractivity contribution is 14.2. The molecule has 6 nitrogen and oxygen atoms in total. The Bertz CT molecular complexity index is 621. The first-order chi connectivity index (χ1) is 13.3. The number of benzene rings is 1. The fourth-order valence-electron chi connectivity index (χ4n) is 2.98. The van der Waals surface area contributed by atoms with Gasteiger partial charge in [-0.05, 0) is 31.9 Å². The summed E-state index contributed by atoms with van der Waals surface area (Å²) in [5, 5.41) is 13.2. The second-order valence-electron chi connectivity index (χ2n) is 6.14. The van der Waals surface area contributed by atoms with Crippen LogP contribution in [0.15, 0.2) is 24.3 Å². The molecule has 8 heteroatoms. The Labute approximate surface area is 178 Å². The number of nitrogens with zero attached hydrogens (tertiary/aromatic N) is 1. The quantitative estimate of drug-likeness (QED) is 0.328. The van der Waals surface area contributed by atoms with Crippen molar-refractivity contribution in [3.63, 3.8) is 0 Å². The number of carbonyl (C=O) groups excluding carboxylic acids is 1. The zero-order valence-corrected chi connectivity index (χ0v) is 18.6. The van der Waals surface area contributed by atoms with Crippen molar-refractivity contribution in [3.05, 3.63) is 35.4 Å². The first kappa shape index (κ1) is 22.5. The Kier molecular flexibility index (Phi) is 11.1. The molecular formula is C19H27IN4O2S. The lowest BCUT2D eigenvalue weighted by atomic mass is 10.0. The number of methoxy groups -OCH3 is 1. The molecule has 1 unspecified atom stereocenters. The summed E-state index contributed by atoms with van der Waals surface area (Å²) in [5.41, 5.74) is 1.87. The van der Waals surface area contributed by atoms with Crippen LogP contribution in [-0.4, -0.2) is 70.3 Å². The van der Waals surface area contributed by atoms with E-state index >= 15 is 0 Å². The second kappa shape index (κ2) is 13.4. The summed E-state index contributed by atoms with van der Waals surface area (Å²) in [6, 6.07) is 7.46. The van der Waals surface area contributed by atoms with Gasteiger partial charge in [0.1, 0.15) is 6.04 Å². The molecule has 1 aromatic rings. The van der Waals surface area contributed by atoms with Gasteiger partial charge in [0.2, 0.25) is 0 Å². The van der Waals surface area contributed by atoms with E-state index in [-0.39, 0.29) is 5.97 Å². The van der Waals surface area contributed by atoms with Gasteiger partial charge in [0.15, 0.2) is 0 Å². The van der Waals surface area contributed by atoms with E-state index in [1.54, 1.807) is 0 Å². The summed E-state index contributed by atoms with van der Waals surface area (Å²) in [5.74, 6) is 2.85. The molecule has 2 rings (SSSR count). The van der Waals surface area contributed by atoms with Gasteiger partial charge in [-0.2, -0.15) is 0 Å². The number of hydrogen-bond acceptors (Lipinski definition) is 7. The van der Waals surface area contributed by atoms with Gasteiger partial charge in [-0.1, -0.05) is 18.1 Å². The maximum Gasteiger partial charge on any atom is 0.327 e. The zero-order chi connectivity index (χ0) is 19.3. The van der Waals surface area contributed by atoms with Crippen LogP contribution in [0.5, 0.6) is 0 Å². The smallest absolute Gasteiger partial charge is 0.327 e. The molecule has 1 atom stereocenters. The Hall–Kier alpha value is -0.830. The number of nitrogens with one attached hydrogen (secondary N) is 3. The molecule has 0 spiro atoms. The fraction of sp³-hybridized carbons (Fsp3) is 0.526. The van der Waals surface area contributed by atoms with Crippen LogP contribution in [0.4, 0.5) is 0 Å². The minimum atomic E-state index is -0.416. The lowest BCUT2D eigenvalue weighted by Crippen LogP contribution is -2.45.